The second-order valence-corrected chi connectivity index (χ2v) is 12.5. The molecule has 0 aliphatic rings. The van der Waals surface area contributed by atoms with Crippen molar-refractivity contribution in [1.82, 2.24) is 10.2 Å². The number of sulfonamides is 1. The van der Waals surface area contributed by atoms with Crippen molar-refractivity contribution in [2.75, 3.05) is 17.1 Å². The lowest BCUT2D eigenvalue weighted by Crippen LogP contribution is -2.54. The summed E-state index contributed by atoms with van der Waals surface area (Å²) < 4.78 is 26.7. The molecule has 0 heterocycles. The van der Waals surface area contributed by atoms with Gasteiger partial charge >= 0.3 is 0 Å². The van der Waals surface area contributed by atoms with Crippen molar-refractivity contribution in [2.24, 2.45) is 0 Å². The minimum Gasteiger partial charge on any atom is -0.352 e. The smallest absolute Gasteiger partial charge is 0.244 e. The number of carbonyl (C=O) groups is 2. The molecular weight excluding hydrogens is 557 g/mol. The number of hydrogen-bond donors (Lipinski definition) is 1. The number of benzene rings is 3. The number of nitrogens with zero attached hydrogens (tertiary/aromatic N) is 2. The van der Waals surface area contributed by atoms with E-state index in [0.717, 1.165) is 21.7 Å². The van der Waals surface area contributed by atoms with E-state index in [2.05, 4.69) is 5.32 Å². The standard InChI is InChI=1S/C29H33Cl2N3O4S/c1-20(2)32-29(36)27(17-22-10-6-5-7-11-22)33(18-23-13-14-25(30)26(31)16-23)28(35)19-34(39(4,37)38)24-12-8-9-21(3)15-24/h5-16,20,27H,17-19H2,1-4H3,(H,32,36)/t27-/m1/s1. The molecule has 0 saturated carbocycles. The zero-order valence-electron chi connectivity index (χ0n) is 22.4. The fourth-order valence-electron chi connectivity index (χ4n) is 4.17. The Hall–Kier alpha value is -3.07. The highest BCUT2D eigenvalue weighted by atomic mass is 35.5. The molecule has 0 radical (unpaired) electrons. The van der Waals surface area contributed by atoms with E-state index in [4.69, 9.17) is 23.2 Å². The predicted octanol–water partition coefficient (Wildman–Crippen LogP) is 5.23. The summed E-state index contributed by atoms with van der Waals surface area (Å²) in [6, 6.07) is 20.2. The van der Waals surface area contributed by atoms with Gasteiger partial charge in [-0.2, -0.15) is 0 Å². The molecule has 0 unspecified atom stereocenters. The molecule has 3 aromatic rings. The quantitative estimate of drug-likeness (QED) is 0.331. The average molecular weight is 591 g/mol. The summed E-state index contributed by atoms with van der Waals surface area (Å²) in [6.45, 7) is 5.06. The van der Waals surface area contributed by atoms with E-state index in [9.17, 15) is 18.0 Å². The predicted molar refractivity (Wildman–Crippen MR) is 158 cm³/mol. The van der Waals surface area contributed by atoms with Crippen molar-refractivity contribution in [1.29, 1.82) is 0 Å². The molecule has 3 rings (SSSR count). The van der Waals surface area contributed by atoms with E-state index in [1.807, 2.05) is 57.2 Å². The zero-order valence-corrected chi connectivity index (χ0v) is 24.7. The summed E-state index contributed by atoms with van der Waals surface area (Å²) in [5.41, 5.74) is 2.72. The van der Waals surface area contributed by atoms with E-state index < -0.39 is 28.5 Å². The number of nitrogens with one attached hydrogen (secondary N) is 1. The highest BCUT2D eigenvalue weighted by Crippen LogP contribution is 2.25. The van der Waals surface area contributed by atoms with E-state index >= 15 is 0 Å². The maximum absolute atomic E-state index is 14.0. The molecule has 1 N–H and O–H groups in total. The summed E-state index contributed by atoms with van der Waals surface area (Å²) in [5.74, 6) is -0.878. The Morgan fingerprint density at radius 1 is 0.897 bits per heavy atom. The Morgan fingerprint density at radius 2 is 1.59 bits per heavy atom. The first-order valence-corrected chi connectivity index (χ1v) is 15.1. The second-order valence-electron chi connectivity index (χ2n) is 9.75. The summed E-state index contributed by atoms with van der Waals surface area (Å²) in [6.07, 6.45) is 1.29. The topological polar surface area (TPSA) is 86.8 Å². The van der Waals surface area contributed by atoms with Crippen LogP contribution in [0.5, 0.6) is 0 Å². The van der Waals surface area contributed by atoms with Crippen LogP contribution in [0.3, 0.4) is 0 Å². The first-order chi connectivity index (χ1) is 18.3. The average Bonchev–Trinajstić information content (AvgIpc) is 2.86. The Labute approximate surface area is 240 Å². The Morgan fingerprint density at radius 3 is 2.18 bits per heavy atom. The molecule has 0 saturated heterocycles. The van der Waals surface area contributed by atoms with Gasteiger partial charge in [-0.3, -0.25) is 13.9 Å². The number of carbonyl (C=O) groups excluding carboxylic acids is 2. The van der Waals surface area contributed by atoms with Gasteiger partial charge in [-0.1, -0.05) is 71.7 Å². The van der Waals surface area contributed by atoms with Crippen LogP contribution in [-0.4, -0.2) is 50.0 Å². The molecule has 2 amide bonds. The van der Waals surface area contributed by atoms with Gasteiger partial charge in [0.15, 0.2) is 0 Å². The largest absolute Gasteiger partial charge is 0.352 e. The maximum Gasteiger partial charge on any atom is 0.244 e. The van der Waals surface area contributed by atoms with Crippen molar-refractivity contribution >= 4 is 50.7 Å². The molecule has 0 bridgehead atoms. The molecule has 0 aliphatic heterocycles. The number of aryl methyl sites for hydroxylation is 1. The molecule has 10 heteroatoms. The highest BCUT2D eigenvalue weighted by molar-refractivity contribution is 7.92. The number of rotatable bonds is 11. The fourth-order valence-corrected chi connectivity index (χ4v) is 5.33. The highest BCUT2D eigenvalue weighted by Gasteiger charge is 2.33. The van der Waals surface area contributed by atoms with Crippen molar-refractivity contribution in [3.05, 3.63) is 99.5 Å². The van der Waals surface area contributed by atoms with Gasteiger partial charge in [0.05, 0.1) is 22.0 Å². The molecule has 39 heavy (non-hydrogen) atoms. The molecule has 1 atom stereocenters. The third-order valence-electron chi connectivity index (χ3n) is 6.01. The molecule has 208 valence electrons. The van der Waals surface area contributed by atoms with Crippen molar-refractivity contribution in [3.63, 3.8) is 0 Å². The van der Waals surface area contributed by atoms with Gasteiger partial charge in [0.1, 0.15) is 12.6 Å². The van der Waals surface area contributed by atoms with Crippen LogP contribution in [0.15, 0.2) is 72.8 Å². The minimum atomic E-state index is -3.83. The van der Waals surface area contributed by atoms with Crippen molar-refractivity contribution in [2.45, 2.75) is 45.8 Å². The van der Waals surface area contributed by atoms with Crippen LogP contribution in [-0.2, 0) is 32.6 Å². The summed E-state index contributed by atoms with van der Waals surface area (Å²) in [7, 11) is -3.83. The summed E-state index contributed by atoms with van der Waals surface area (Å²) >= 11 is 12.4. The van der Waals surface area contributed by atoms with Gasteiger partial charge in [0, 0.05) is 19.0 Å². The van der Waals surface area contributed by atoms with Crippen molar-refractivity contribution in [3.8, 4) is 0 Å². The molecule has 0 spiro atoms. The molecule has 3 aromatic carbocycles. The Kier molecular flexibility index (Phi) is 10.4. The van der Waals surface area contributed by atoms with E-state index in [0.29, 0.717) is 21.3 Å². The number of anilines is 1. The molecular formula is C29H33Cl2N3O4S. The molecule has 0 fully saturated rings. The van der Waals surface area contributed by atoms with Crippen LogP contribution in [0.4, 0.5) is 5.69 Å². The zero-order chi connectivity index (χ0) is 28.7. The van der Waals surface area contributed by atoms with E-state index in [1.165, 1.54) is 4.90 Å². The first kappa shape index (κ1) is 30.5. The third kappa shape index (κ3) is 8.71. The van der Waals surface area contributed by atoms with Crippen LogP contribution in [0.25, 0.3) is 0 Å². The lowest BCUT2D eigenvalue weighted by Gasteiger charge is -2.34. The molecule has 7 nitrogen and oxygen atoms in total. The first-order valence-electron chi connectivity index (χ1n) is 12.5. The van der Waals surface area contributed by atoms with Gasteiger partial charge in [0.2, 0.25) is 21.8 Å². The van der Waals surface area contributed by atoms with Crippen LogP contribution >= 0.6 is 23.2 Å². The van der Waals surface area contributed by atoms with Crippen LogP contribution in [0.2, 0.25) is 10.0 Å². The molecule has 0 aromatic heterocycles. The third-order valence-corrected chi connectivity index (χ3v) is 7.89. The minimum absolute atomic E-state index is 0.0180. The fraction of sp³-hybridized carbons (Fsp3) is 0.310. The number of halogens is 2. The Balaban J connectivity index is 2.07. The van der Waals surface area contributed by atoms with Gasteiger partial charge in [-0.25, -0.2) is 8.42 Å². The number of amides is 2. The lowest BCUT2D eigenvalue weighted by atomic mass is 10.0. The van der Waals surface area contributed by atoms with Crippen molar-refractivity contribution < 1.29 is 18.0 Å². The van der Waals surface area contributed by atoms with Gasteiger partial charge < -0.3 is 10.2 Å². The van der Waals surface area contributed by atoms with Gasteiger partial charge in [-0.15, -0.1) is 0 Å². The Bertz CT molecular complexity index is 1420. The SMILES string of the molecule is Cc1cccc(N(CC(=O)N(Cc2ccc(Cl)c(Cl)c2)[C@H](Cc2ccccc2)C(=O)NC(C)C)S(C)(=O)=O)c1. The lowest BCUT2D eigenvalue weighted by molar-refractivity contribution is -0.140. The monoisotopic (exact) mass is 589 g/mol. The van der Waals surface area contributed by atoms with E-state index in [-0.39, 0.29) is 24.9 Å². The van der Waals surface area contributed by atoms with Crippen LogP contribution < -0.4 is 9.62 Å². The van der Waals surface area contributed by atoms with Crippen LogP contribution in [0.1, 0.15) is 30.5 Å². The van der Waals surface area contributed by atoms with Gasteiger partial charge in [-0.05, 0) is 61.7 Å². The maximum atomic E-state index is 14.0. The number of hydrogen-bond acceptors (Lipinski definition) is 4. The second kappa shape index (κ2) is 13.3. The summed E-state index contributed by atoms with van der Waals surface area (Å²) in [4.78, 5) is 29.0. The normalized spacial score (nSPS) is 12.2. The van der Waals surface area contributed by atoms with Gasteiger partial charge in [0.25, 0.3) is 0 Å². The molecule has 0 aliphatic carbocycles. The summed E-state index contributed by atoms with van der Waals surface area (Å²) in [5, 5.41) is 3.59. The van der Waals surface area contributed by atoms with E-state index in [1.54, 1.807) is 36.4 Å². The van der Waals surface area contributed by atoms with Crippen LogP contribution in [0, 0.1) is 6.92 Å².